The molecule has 1 aromatic rings. The highest BCUT2D eigenvalue weighted by Crippen LogP contribution is 2.14. The molecule has 1 aliphatic heterocycles. The Labute approximate surface area is 128 Å². The van der Waals surface area contributed by atoms with Gasteiger partial charge in [-0.1, -0.05) is 23.2 Å². The summed E-state index contributed by atoms with van der Waals surface area (Å²) in [6.07, 6.45) is 0. The molecule has 2 rings (SSSR count). The highest BCUT2D eigenvalue weighted by Gasteiger charge is 2.15. The minimum absolute atomic E-state index is 0.0616. The molecule has 0 radical (unpaired) electrons. The zero-order valence-electron chi connectivity index (χ0n) is 11.3. The molecule has 20 heavy (non-hydrogen) atoms. The van der Waals surface area contributed by atoms with Crippen LogP contribution in [0.15, 0.2) is 6.07 Å². The number of carbonyl (C=O) groups excluding carboxylic acids is 1. The smallest absolute Gasteiger partial charge is 0.254 e. The van der Waals surface area contributed by atoms with Gasteiger partial charge in [0, 0.05) is 39.3 Å². The number of halogens is 2. The summed E-state index contributed by atoms with van der Waals surface area (Å²) in [6, 6.07) is 1.42. The van der Waals surface area contributed by atoms with Crippen LogP contribution >= 0.6 is 23.2 Å². The summed E-state index contributed by atoms with van der Waals surface area (Å²) in [5, 5.41) is 10.2. The van der Waals surface area contributed by atoms with Crippen LogP contribution in [-0.4, -0.2) is 72.2 Å². The summed E-state index contributed by atoms with van der Waals surface area (Å²) in [4.78, 5) is 16.6. The van der Waals surface area contributed by atoms with Crippen molar-refractivity contribution in [3.63, 3.8) is 0 Å². The topological polar surface area (TPSA) is 61.4 Å². The summed E-state index contributed by atoms with van der Waals surface area (Å²) in [6.45, 7) is 5.56. The van der Waals surface area contributed by atoms with Gasteiger partial charge in [-0.25, -0.2) is 0 Å². The lowest BCUT2D eigenvalue weighted by molar-refractivity contribution is 0.0940. The third-order valence-corrected chi connectivity index (χ3v) is 3.74. The molecular weight excluding hydrogens is 301 g/mol. The Morgan fingerprint density at radius 1 is 1.30 bits per heavy atom. The second-order valence-corrected chi connectivity index (χ2v) is 5.52. The van der Waals surface area contributed by atoms with Crippen molar-refractivity contribution in [1.29, 1.82) is 0 Å². The number of hydrogen-bond acceptors (Lipinski definition) is 5. The number of aromatic nitrogens is 2. The largest absolute Gasteiger partial charge is 0.351 e. The lowest BCUT2D eigenvalue weighted by Crippen LogP contribution is -2.46. The third kappa shape index (κ3) is 4.28. The molecule has 2 heterocycles. The first-order chi connectivity index (χ1) is 9.56. The van der Waals surface area contributed by atoms with Gasteiger partial charge in [-0.3, -0.25) is 9.69 Å². The number of nitrogens with one attached hydrogen (secondary N) is 1. The van der Waals surface area contributed by atoms with Crippen molar-refractivity contribution < 1.29 is 4.79 Å². The number of likely N-dealkylation sites (N-methyl/N-ethyl adjacent to an activating group) is 1. The minimum Gasteiger partial charge on any atom is -0.351 e. The van der Waals surface area contributed by atoms with Gasteiger partial charge in [0.25, 0.3) is 5.91 Å². The van der Waals surface area contributed by atoms with Crippen molar-refractivity contribution in [2.75, 3.05) is 46.3 Å². The second-order valence-electron chi connectivity index (χ2n) is 4.77. The quantitative estimate of drug-likeness (QED) is 0.888. The lowest BCUT2D eigenvalue weighted by Gasteiger charge is -2.32. The van der Waals surface area contributed by atoms with Crippen LogP contribution in [-0.2, 0) is 0 Å². The average Bonchev–Trinajstić information content (AvgIpc) is 2.43. The van der Waals surface area contributed by atoms with E-state index in [2.05, 4.69) is 32.4 Å². The van der Waals surface area contributed by atoms with E-state index in [1.165, 1.54) is 6.07 Å². The zero-order chi connectivity index (χ0) is 14.5. The number of piperazine rings is 1. The van der Waals surface area contributed by atoms with E-state index in [9.17, 15) is 4.79 Å². The maximum atomic E-state index is 12.0. The van der Waals surface area contributed by atoms with Crippen LogP contribution in [0.25, 0.3) is 0 Å². The fourth-order valence-electron chi connectivity index (χ4n) is 2.01. The Balaban J connectivity index is 1.79. The highest BCUT2D eigenvalue weighted by molar-refractivity contribution is 6.34. The van der Waals surface area contributed by atoms with Crippen molar-refractivity contribution in [3.05, 3.63) is 21.9 Å². The third-order valence-electron chi connectivity index (χ3n) is 3.27. The highest BCUT2D eigenvalue weighted by atomic mass is 35.5. The van der Waals surface area contributed by atoms with Gasteiger partial charge in [0.1, 0.15) is 0 Å². The molecule has 1 fully saturated rings. The van der Waals surface area contributed by atoms with E-state index in [-0.39, 0.29) is 21.8 Å². The fourth-order valence-corrected chi connectivity index (χ4v) is 2.33. The lowest BCUT2D eigenvalue weighted by atomic mass is 10.3. The number of amides is 1. The van der Waals surface area contributed by atoms with Crippen LogP contribution in [0.4, 0.5) is 0 Å². The van der Waals surface area contributed by atoms with Gasteiger partial charge in [0.05, 0.1) is 5.56 Å². The minimum atomic E-state index is -0.277. The van der Waals surface area contributed by atoms with Crippen molar-refractivity contribution in [2.24, 2.45) is 0 Å². The van der Waals surface area contributed by atoms with Crippen molar-refractivity contribution in [2.45, 2.75) is 0 Å². The van der Waals surface area contributed by atoms with E-state index in [1.807, 2.05) is 0 Å². The fraction of sp³-hybridized carbons (Fsp3) is 0.583. The van der Waals surface area contributed by atoms with Crippen LogP contribution < -0.4 is 5.32 Å². The Morgan fingerprint density at radius 2 is 2.00 bits per heavy atom. The first-order valence-electron chi connectivity index (χ1n) is 6.44. The SMILES string of the molecule is CN1CCN(CCNC(=O)c2cc(Cl)nnc2Cl)CC1. The maximum absolute atomic E-state index is 12.0. The maximum Gasteiger partial charge on any atom is 0.254 e. The molecule has 0 saturated carbocycles. The average molecular weight is 318 g/mol. The molecule has 1 aliphatic rings. The Bertz CT molecular complexity index is 477. The van der Waals surface area contributed by atoms with Crippen LogP contribution in [0.5, 0.6) is 0 Å². The summed E-state index contributed by atoms with van der Waals surface area (Å²) in [5.41, 5.74) is 0.255. The molecule has 8 heteroatoms. The number of carbonyl (C=O) groups is 1. The molecular formula is C12H17Cl2N5O. The van der Waals surface area contributed by atoms with Gasteiger partial charge in [-0.05, 0) is 13.1 Å². The normalized spacial score (nSPS) is 17.1. The van der Waals surface area contributed by atoms with Crippen LogP contribution in [0.3, 0.4) is 0 Å². The predicted molar refractivity (Wildman–Crippen MR) is 78.3 cm³/mol. The van der Waals surface area contributed by atoms with E-state index in [0.717, 1.165) is 32.7 Å². The molecule has 6 nitrogen and oxygen atoms in total. The summed E-state index contributed by atoms with van der Waals surface area (Å²) < 4.78 is 0. The van der Waals surface area contributed by atoms with Gasteiger partial charge in [-0.15, -0.1) is 10.2 Å². The van der Waals surface area contributed by atoms with Crippen LogP contribution in [0.2, 0.25) is 10.3 Å². The molecule has 0 aliphatic carbocycles. The summed E-state index contributed by atoms with van der Waals surface area (Å²) in [7, 11) is 2.11. The molecule has 0 unspecified atom stereocenters. The first kappa shape index (κ1) is 15.4. The van der Waals surface area contributed by atoms with E-state index in [4.69, 9.17) is 23.2 Å². The van der Waals surface area contributed by atoms with Crippen molar-refractivity contribution in [1.82, 2.24) is 25.3 Å². The Kier molecular flexibility index (Phi) is 5.54. The van der Waals surface area contributed by atoms with Gasteiger partial charge in [0.15, 0.2) is 10.3 Å². The molecule has 1 amide bonds. The van der Waals surface area contributed by atoms with Crippen molar-refractivity contribution in [3.8, 4) is 0 Å². The van der Waals surface area contributed by atoms with Crippen LogP contribution in [0, 0.1) is 0 Å². The zero-order valence-corrected chi connectivity index (χ0v) is 12.8. The summed E-state index contributed by atoms with van der Waals surface area (Å²) >= 11 is 11.5. The van der Waals surface area contributed by atoms with Gasteiger partial charge >= 0.3 is 0 Å². The van der Waals surface area contributed by atoms with E-state index in [0.29, 0.717) is 6.54 Å². The van der Waals surface area contributed by atoms with E-state index >= 15 is 0 Å². The predicted octanol–water partition coefficient (Wildman–Crippen LogP) is 0.761. The molecule has 1 N–H and O–H groups in total. The second kappa shape index (κ2) is 7.17. The number of hydrogen-bond donors (Lipinski definition) is 1. The van der Waals surface area contributed by atoms with Gasteiger partial charge < -0.3 is 10.2 Å². The Morgan fingerprint density at radius 3 is 2.70 bits per heavy atom. The van der Waals surface area contributed by atoms with Gasteiger partial charge in [-0.2, -0.15) is 0 Å². The number of rotatable bonds is 4. The molecule has 1 aromatic heterocycles. The monoisotopic (exact) mass is 317 g/mol. The molecule has 0 spiro atoms. The standard InChI is InChI=1S/C12H17Cl2N5O/c1-18-4-6-19(7-5-18)3-2-15-12(20)9-8-10(13)16-17-11(9)14/h8H,2-7H2,1H3,(H,15,20). The molecule has 0 atom stereocenters. The molecule has 110 valence electrons. The van der Waals surface area contributed by atoms with E-state index < -0.39 is 0 Å². The van der Waals surface area contributed by atoms with Gasteiger partial charge in [0.2, 0.25) is 0 Å². The summed E-state index contributed by atoms with van der Waals surface area (Å²) in [5.74, 6) is -0.277. The number of nitrogens with zero attached hydrogens (tertiary/aromatic N) is 4. The molecule has 0 bridgehead atoms. The molecule has 0 aromatic carbocycles. The Hall–Kier alpha value is -0.950. The molecule has 1 saturated heterocycles. The van der Waals surface area contributed by atoms with Crippen molar-refractivity contribution >= 4 is 29.1 Å². The van der Waals surface area contributed by atoms with E-state index in [1.54, 1.807) is 0 Å². The van der Waals surface area contributed by atoms with Crippen LogP contribution in [0.1, 0.15) is 10.4 Å². The first-order valence-corrected chi connectivity index (χ1v) is 7.19.